The number of nitrogens with one attached hydrogen (secondary N) is 1. The van der Waals surface area contributed by atoms with Crippen molar-refractivity contribution in [2.75, 3.05) is 7.11 Å². The van der Waals surface area contributed by atoms with E-state index in [0.29, 0.717) is 6.54 Å². The maximum atomic E-state index is 13.0. The zero-order valence-corrected chi connectivity index (χ0v) is 17.2. The molecule has 1 N–H and O–H groups in total. The Hall–Kier alpha value is -2.63. The summed E-state index contributed by atoms with van der Waals surface area (Å²) in [5, 5.41) is 7.72. The molecule has 6 nitrogen and oxygen atoms in total. The summed E-state index contributed by atoms with van der Waals surface area (Å²) in [6.07, 6.45) is 6.98. The number of aryl methyl sites for hydroxylation is 2. The van der Waals surface area contributed by atoms with E-state index in [2.05, 4.69) is 10.4 Å². The number of methoxy groups -OCH3 is 1. The van der Waals surface area contributed by atoms with Crippen LogP contribution < -0.4 is 15.6 Å². The van der Waals surface area contributed by atoms with Gasteiger partial charge in [-0.3, -0.25) is 9.59 Å². The Kier molecular flexibility index (Phi) is 5.43. The monoisotopic (exact) mass is 395 g/mol. The Morgan fingerprint density at radius 2 is 1.93 bits per heavy atom. The molecule has 0 radical (unpaired) electrons. The van der Waals surface area contributed by atoms with Crippen LogP contribution in [0.4, 0.5) is 0 Å². The molecular formula is C23H29N3O3. The van der Waals surface area contributed by atoms with Gasteiger partial charge >= 0.3 is 0 Å². The number of ether oxygens (including phenoxy) is 1. The van der Waals surface area contributed by atoms with Crippen molar-refractivity contribution in [1.82, 2.24) is 15.1 Å². The van der Waals surface area contributed by atoms with Crippen molar-refractivity contribution in [1.29, 1.82) is 0 Å². The van der Waals surface area contributed by atoms with E-state index < -0.39 is 5.41 Å². The quantitative estimate of drug-likeness (QED) is 0.764. The highest BCUT2D eigenvalue weighted by Gasteiger charge is 2.51. The van der Waals surface area contributed by atoms with E-state index in [9.17, 15) is 9.59 Å². The van der Waals surface area contributed by atoms with Gasteiger partial charge in [0.2, 0.25) is 5.91 Å². The van der Waals surface area contributed by atoms with Crippen LogP contribution >= 0.6 is 0 Å². The average Bonchev–Trinajstić information content (AvgIpc) is 3.54. The Morgan fingerprint density at radius 3 is 2.62 bits per heavy atom. The fourth-order valence-corrected chi connectivity index (χ4v) is 4.26. The van der Waals surface area contributed by atoms with Gasteiger partial charge in [0.15, 0.2) is 0 Å². The number of carbonyl (C=O) groups excluding carboxylic acids is 1. The Bertz CT molecular complexity index is 945. The number of fused-ring (bicyclic) bond motifs is 1. The Balaban J connectivity index is 1.44. The van der Waals surface area contributed by atoms with Crippen molar-refractivity contribution in [3.05, 3.63) is 57.5 Å². The lowest BCUT2D eigenvalue weighted by Gasteiger charge is -2.21. The third-order valence-electron chi connectivity index (χ3n) is 6.18. The van der Waals surface area contributed by atoms with Gasteiger partial charge < -0.3 is 10.1 Å². The summed E-state index contributed by atoms with van der Waals surface area (Å²) in [4.78, 5) is 25.5. The molecule has 1 heterocycles. The van der Waals surface area contributed by atoms with Gasteiger partial charge in [-0.25, -0.2) is 4.68 Å². The van der Waals surface area contributed by atoms with Crippen LogP contribution in [0.15, 0.2) is 35.1 Å². The van der Waals surface area contributed by atoms with Gasteiger partial charge in [0.1, 0.15) is 5.75 Å². The molecule has 1 aromatic heterocycles. The minimum Gasteiger partial charge on any atom is -0.497 e. The molecule has 1 aromatic carbocycles. The van der Waals surface area contributed by atoms with Crippen molar-refractivity contribution in [3.8, 4) is 5.75 Å². The zero-order valence-electron chi connectivity index (χ0n) is 17.2. The van der Waals surface area contributed by atoms with Crippen LogP contribution in [0.5, 0.6) is 5.75 Å². The highest BCUT2D eigenvalue weighted by atomic mass is 16.5. The SMILES string of the molecule is COc1ccc(C2(C(=O)N[C@H](C)Cn3nc4c(cc3=O)CCCCC4)CC2)cc1. The van der Waals surface area contributed by atoms with Crippen LogP contribution in [0.25, 0.3) is 0 Å². The average molecular weight is 396 g/mol. The first-order valence-electron chi connectivity index (χ1n) is 10.6. The second kappa shape index (κ2) is 8.01. The van der Waals surface area contributed by atoms with Gasteiger partial charge in [0.05, 0.1) is 24.8 Å². The van der Waals surface area contributed by atoms with Crippen LogP contribution in [0, 0.1) is 0 Å². The highest BCUT2D eigenvalue weighted by Crippen LogP contribution is 2.48. The number of hydrogen-bond acceptors (Lipinski definition) is 4. The lowest BCUT2D eigenvalue weighted by Crippen LogP contribution is -2.43. The maximum Gasteiger partial charge on any atom is 0.267 e. The molecule has 1 amide bonds. The van der Waals surface area contributed by atoms with Crippen LogP contribution in [0.1, 0.15) is 55.8 Å². The molecule has 154 valence electrons. The molecule has 2 aliphatic carbocycles. The molecule has 6 heteroatoms. The molecule has 1 fully saturated rings. The third-order valence-corrected chi connectivity index (χ3v) is 6.18. The fraction of sp³-hybridized carbons (Fsp3) is 0.522. The minimum atomic E-state index is -0.452. The molecule has 29 heavy (non-hydrogen) atoms. The molecule has 0 unspecified atom stereocenters. The Morgan fingerprint density at radius 1 is 1.21 bits per heavy atom. The summed E-state index contributed by atoms with van der Waals surface area (Å²) in [7, 11) is 1.63. The summed E-state index contributed by atoms with van der Waals surface area (Å²) < 4.78 is 6.73. The summed E-state index contributed by atoms with van der Waals surface area (Å²) >= 11 is 0. The van der Waals surface area contributed by atoms with E-state index in [1.165, 1.54) is 11.1 Å². The number of hydrogen-bond donors (Lipinski definition) is 1. The van der Waals surface area contributed by atoms with E-state index in [4.69, 9.17) is 4.74 Å². The molecular weight excluding hydrogens is 366 g/mol. The van der Waals surface area contributed by atoms with Gasteiger partial charge in [-0.2, -0.15) is 5.10 Å². The van der Waals surface area contributed by atoms with Crippen LogP contribution in [-0.2, 0) is 29.6 Å². The van der Waals surface area contributed by atoms with Gasteiger partial charge in [-0.05, 0) is 68.7 Å². The number of aromatic nitrogens is 2. The van der Waals surface area contributed by atoms with Crippen molar-refractivity contribution >= 4 is 5.91 Å². The highest BCUT2D eigenvalue weighted by molar-refractivity contribution is 5.91. The van der Waals surface area contributed by atoms with Crippen molar-refractivity contribution < 1.29 is 9.53 Å². The predicted octanol–water partition coefficient (Wildman–Crippen LogP) is 2.76. The number of rotatable bonds is 6. The number of amides is 1. The van der Waals surface area contributed by atoms with Crippen LogP contribution in [0.3, 0.4) is 0 Å². The van der Waals surface area contributed by atoms with Gasteiger partial charge in [-0.15, -0.1) is 0 Å². The molecule has 0 aliphatic heterocycles. The zero-order chi connectivity index (χ0) is 20.4. The molecule has 2 aromatic rings. The molecule has 4 rings (SSSR count). The third kappa shape index (κ3) is 4.07. The fourth-order valence-electron chi connectivity index (χ4n) is 4.26. The summed E-state index contributed by atoms with van der Waals surface area (Å²) in [6, 6.07) is 9.29. The van der Waals surface area contributed by atoms with E-state index in [0.717, 1.165) is 61.1 Å². The summed E-state index contributed by atoms with van der Waals surface area (Å²) in [5.41, 5.74) is 2.62. The first-order valence-corrected chi connectivity index (χ1v) is 10.6. The lowest BCUT2D eigenvalue weighted by atomic mass is 9.94. The maximum absolute atomic E-state index is 13.0. The first kappa shape index (κ1) is 19.7. The molecule has 0 bridgehead atoms. The first-order chi connectivity index (χ1) is 14.0. The van der Waals surface area contributed by atoms with E-state index in [1.807, 2.05) is 31.2 Å². The summed E-state index contributed by atoms with van der Waals surface area (Å²) in [6.45, 7) is 2.32. The lowest BCUT2D eigenvalue weighted by molar-refractivity contribution is -0.124. The van der Waals surface area contributed by atoms with Crippen molar-refractivity contribution in [2.45, 2.75) is 69.9 Å². The second-order valence-corrected chi connectivity index (χ2v) is 8.38. The van der Waals surface area contributed by atoms with E-state index >= 15 is 0 Å². The summed E-state index contributed by atoms with van der Waals surface area (Å²) in [5.74, 6) is 0.810. The Labute approximate surface area is 171 Å². The number of carbonyl (C=O) groups is 1. The molecule has 0 spiro atoms. The standard InChI is InChI=1S/C23H29N3O3/c1-16(15-26-21(27)14-17-6-4-3-5-7-20(17)25-26)24-22(28)23(12-13-23)18-8-10-19(29-2)11-9-18/h8-11,14,16H,3-7,12-13,15H2,1-2H3,(H,24,28)/t16-/m1/s1. The van der Waals surface area contributed by atoms with Crippen LogP contribution in [0.2, 0.25) is 0 Å². The molecule has 0 saturated heterocycles. The number of nitrogens with zero attached hydrogens (tertiary/aromatic N) is 2. The van der Waals surface area contributed by atoms with Crippen LogP contribution in [-0.4, -0.2) is 28.8 Å². The van der Waals surface area contributed by atoms with Gasteiger partial charge in [0, 0.05) is 12.1 Å². The predicted molar refractivity (Wildman–Crippen MR) is 111 cm³/mol. The van der Waals surface area contributed by atoms with E-state index in [1.54, 1.807) is 13.2 Å². The molecule has 1 saturated carbocycles. The van der Waals surface area contributed by atoms with Crippen molar-refractivity contribution in [2.24, 2.45) is 0 Å². The normalized spacial score (nSPS) is 18.3. The largest absolute Gasteiger partial charge is 0.497 e. The molecule has 2 aliphatic rings. The minimum absolute atomic E-state index is 0.0259. The number of benzene rings is 1. The van der Waals surface area contributed by atoms with Crippen molar-refractivity contribution in [3.63, 3.8) is 0 Å². The second-order valence-electron chi connectivity index (χ2n) is 8.38. The van der Waals surface area contributed by atoms with E-state index in [-0.39, 0.29) is 17.5 Å². The topological polar surface area (TPSA) is 73.2 Å². The smallest absolute Gasteiger partial charge is 0.267 e. The van der Waals surface area contributed by atoms with Gasteiger partial charge in [0.25, 0.3) is 5.56 Å². The van der Waals surface area contributed by atoms with Gasteiger partial charge in [-0.1, -0.05) is 18.6 Å². The molecule has 1 atom stereocenters.